The third-order valence-electron chi connectivity index (χ3n) is 7.50. The Morgan fingerprint density at radius 2 is 1.95 bits per heavy atom. The van der Waals surface area contributed by atoms with Gasteiger partial charge in [0.25, 0.3) is 5.91 Å². The lowest BCUT2D eigenvalue weighted by molar-refractivity contribution is 0.103. The summed E-state index contributed by atoms with van der Waals surface area (Å²) in [7, 11) is 2.11. The van der Waals surface area contributed by atoms with E-state index in [2.05, 4.69) is 54.5 Å². The van der Waals surface area contributed by atoms with Gasteiger partial charge >= 0.3 is 0 Å². The third-order valence-corrected chi connectivity index (χ3v) is 8.41. The molecule has 1 fully saturated rings. The molecule has 6 rings (SSSR count). The van der Waals surface area contributed by atoms with Crippen molar-refractivity contribution in [2.75, 3.05) is 55.3 Å². The van der Waals surface area contributed by atoms with E-state index in [0.717, 1.165) is 67.0 Å². The van der Waals surface area contributed by atoms with Gasteiger partial charge in [-0.3, -0.25) is 9.78 Å². The number of amides is 1. The summed E-state index contributed by atoms with van der Waals surface area (Å²) in [5.41, 5.74) is 5.75. The molecule has 2 N–H and O–H groups in total. The number of likely N-dealkylation sites (N-methyl/N-ethyl adjacent to an activating group) is 1. The molecular formula is C30H30N8OS. The highest BCUT2D eigenvalue weighted by Gasteiger charge is 2.29. The fraction of sp³-hybridized carbons (Fsp3) is 0.267. The van der Waals surface area contributed by atoms with E-state index in [1.54, 1.807) is 0 Å². The fourth-order valence-electron chi connectivity index (χ4n) is 5.33. The molecule has 0 radical (unpaired) electrons. The molecule has 2 aliphatic rings. The molecule has 1 saturated heterocycles. The lowest BCUT2D eigenvalue weighted by atomic mass is 10.1. The van der Waals surface area contributed by atoms with Crippen LogP contribution in [0.4, 0.5) is 17.1 Å². The van der Waals surface area contributed by atoms with Gasteiger partial charge in [-0.2, -0.15) is 5.26 Å². The standard InChI is InChI=1S/C30H30N8OS/c1-36-13-15-37(16-14-36)30(34-20-31)38-12-9-21-6-7-23(18-27(21)38)35-29(39)28-26(10-17-40-28)33-19-22-8-11-32-25-5-3-2-4-24(22)25/h2-8,10-11,17-18,33H,9,12-16,19H2,1H3,(H,35,39)/b34-30+. The molecule has 4 aromatic rings. The number of thiophene rings is 1. The Kier molecular flexibility index (Phi) is 7.31. The number of hydrogen-bond acceptors (Lipinski definition) is 7. The summed E-state index contributed by atoms with van der Waals surface area (Å²) in [5, 5.41) is 19.0. The molecule has 0 aliphatic carbocycles. The summed E-state index contributed by atoms with van der Waals surface area (Å²) < 4.78 is 0. The molecule has 2 aliphatic heterocycles. The van der Waals surface area contributed by atoms with Crippen LogP contribution in [0.1, 0.15) is 20.8 Å². The Bertz CT molecular complexity index is 1610. The van der Waals surface area contributed by atoms with Crippen molar-refractivity contribution in [1.29, 1.82) is 5.26 Å². The number of hydrogen-bond donors (Lipinski definition) is 2. The van der Waals surface area contributed by atoms with Crippen molar-refractivity contribution < 1.29 is 4.79 Å². The van der Waals surface area contributed by atoms with E-state index in [9.17, 15) is 10.1 Å². The van der Waals surface area contributed by atoms with Gasteiger partial charge in [0.2, 0.25) is 12.2 Å². The molecule has 10 heteroatoms. The van der Waals surface area contributed by atoms with Crippen LogP contribution in [-0.2, 0) is 13.0 Å². The number of piperazine rings is 1. The third kappa shape index (κ3) is 5.21. The van der Waals surface area contributed by atoms with Gasteiger partial charge in [0.1, 0.15) is 4.88 Å². The van der Waals surface area contributed by atoms with Gasteiger partial charge in [-0.15, -0.1) is 16.3 Å². The van der Waals surface area contributed by atoms with Crippen LogP contribution in [0, 0.1) is 11.5 Å². The fourth-order valence-corrected chi connectivity index (χ4v) is 6.09. The lowest BCUT2D eigenvalue weighted by Gasteiger charge is -2.37. The van der Waals surface area contributed by atoms with Gasteiger partial charge in [0, 0.05) is 62.2 Å². The summed E-state index contributed by atoms with van der Waals surface area (Å²) in [4.78, 5) is 29.2. The van der Waals surface area contributed by atoms with E-state index in [4.69, 9.17) is 0 Å². The zero-order chi connectivity index (χ0) is 27.5. The number of nitrogens with one attached hydrogen (secondary N) is 2. The zero-order valence-electron chi connectivity index (χ0n) is 22.3. The maximum absolute atomic E-state index is 13.4. The van der Waals surface area contributed by atoms with E-state index in [-0.39, 0.29) is 5.91 Å². The average molecular weight is 551 g/mol. The van der Waals surface area contributed by atoms with Crippen molar-refractivity contribution in [3.63, 3.8) is 0 Å². The lowest BCUT2D eigenvalue weighted by Crippen LogP contribution is -2.52. The number of aliphatic imine (C=N–C) groups is 1. The van der Waals surface area contributed by atoms with Crippen molar-refractivity contribution in [2.24, 2.45) is 4.99 Å². The molecular weight excluding hydrogens is 520 g/mol. The SMILES string of the molecule is CN1CCN(/C(=N\C#N)N2CCc3ccc(NC(=O)c4sccc4NCc4ccnc5ccccc45)cc32)CC1. The Hall–Kier alpha value is -4.46. The highest BCUT2D eigenvalue weighted by Crippen LogP contribution is 2.33. The average Bonchev–Trinajstić information content (AvgIpc) is 3.62. The largest absolute Gasteiger partial charge is 0.380 e. The molecule has 0 saturated carbocycles. The number of carbonyl (C=O) groups is 1. The number of nitriles is 1. The summed E-state index contributed by atoms with van der Waals surface area (Å²) in [6, 6.07) is 18.0. The van der Waals surface area contributed by atoms with Gasteiger partial charge in [-0.25, -0.2) is 0 Å². The normalized spacial score (nSPS) is 15.7. The minimum Gasteiger partial charge on any atom is -0.380 e. The molecule has 40 heavy (non-hydrogen) atoms. The van der Waals surface area contributed by atoms with E-state index in [1.807, 2.05) is 60.2 Å². The minimum absolute atomic E-state index is 0.161. The van der Waals surface area contributed by atoms with E-state index >= 15 is 0 Å². The van der Waals surface area contributed by atoms with Gasteiger partial charge in [-0.05, 0) is 60.3 Å². The second-order valence-corrected chi connectivity index (χ2v) is 10.9. The number of guanidine groups is 1. The van der Waals surface area contributed by atoms with Gasteiger partial charge < -0.3 is 25.3 Å². The van der Waals surface area contributed by atoms with Gasteiger partial charge in [-0.1, -0.05) is 24.3 Å². The number of nitrogens with zero attached hydrogens (tertiary/aromatic N) is 6. The van der Waals surface area contributed by atoms with Crippen LogP contribution in [0.25, 0.3) is 10.9 Å². The first-order valence-corrected chi connectivity index (χ1v) is 14.2. The molecule has 0 unspecified atom stereocenters. The highest BCUT2D eigenvalue weighted by molar-refractivity contribution is 7.12. The van der Waals surface area contributed by atoms with Crippen LogP contribution in [0.15, 0.2) is 71.2 Å². The minimum atomic E-state index is -0.161. The first-order valence-electron chi connectivity index (χ1n) is 13.4. The number of carbonyl (C=O) groups excluding carboxylic acids is 1. The predicted molar refractivity (Wildman–Crippen MR) is 161 cm³/mol. The molecule has 0 spiro atoms. The molecule has 4 heterocycles. The van der Waals surface area contributed by atoms with Crippen LogP contribution < -0.4 is 15.5 Å². The van der Waals surface area contributed by atoms with Crippen molar-refractivity contribution in [3.8, 4) is 6.19 Å². The van der Waals surface area contributed by atoms with Crippen molar-refractivity contribution in [1.82, 2.24) is 14.8 Å². The molecule has 9 nitrogen and oxygen atoms in total. The topological polar surface area (TPSA) is 99.9 Å². The highest BCUT2D eigenvalue weighted by atomic mass is 32.1. The summed E-state index contributed by atoms with van der Waals surface area (Å²) in [6.07, 6.45) is 4.68. The maximum Gasteiger partial charge on any atom is 0.267 e. The van der Waals surface area contributed by atoms with Crippen LogP contribution in [0.5, 0.6) is 0 Å². The first-order chi connectivity index (χ1) is 19.6. The number of aromatic nitrogens is 1. The second kappa shape index (κ2) is 11.3. The molecule has 2 aromatic heterocycles. The van der Waals surface area contributed by atoms with E-state index in [1.165, 1.54) is 16.9 Å². The Morgan fingerprint density at radius 3 is 2.80 bits per heavy atom. The zero-order valence-corrected chi connectivity index (χ0v) is 23.1. The quantitative estimate of drug-likeness (QED) is 0.213. The second-order valence-electron chi connectivity index (χ2n) is 10.0. The number of para-hydroxylation sites is 1. The van der Waals surface area contributed by atoms with Crippen LogP contribution >= 0.6 is 11.3 Å². The van der Waals surface area contributed by atoms with Crippen LogP contribution in [-0.4, -0.2) is 66.4 Å². The monoisotopic (exact) mass is 550 g/mol. The van der Waals surface area contributed by atoms with Gasteiger partial charge in [0.05, 0.1) is 11.2 Å². The predicted octanol–water partition coefficient (Wildman–Crippen LogP) is 4.61. The summed E-state index contributed by atoms with van der Waals surface area (Å²) in [5.74, 6) is 0.526. The van der Waals surface area contributed by atoms with Crippen molar-refractivity contribution >= 4 is 51.2 Å². The van der Waals surface area contributed by atoms with Crippen molar-refractivity contribution in [3.05, 3.63) is 82.2 Å². The summed E-state index contributed by atoms with van der Waals surface area (Å²) >= 11 is 1.41. The first kappa shape index (κ1) is 25.8. The summed E-state index contributed by atoms with van der Waals surface area (Å²) in [6.45, 7) is 4.83. The Labute approximate surface area is 237 Å². The Balaban J connectivity index is 1.18. The molecule has 0 atom stereocenters. The molecule has 1 amide bonds. The van der Waals surface area contributed by atoms with E-state index < -0.39 is 0 Å². The number of fused-ring (bicyclic) bond motifs is 2. The smallest absolute Gasteiger partial charge is 0.267 e. The Morgan fingerprint density at radius 1 is 1.10 bits per heavy atom. The van der Waals surface area contributed by atoms with Crippen LogP contribution in [0.2, 0.25) is 0 Å². The number of pyridine rings is 1. The van der Waals surface area contributed by atoms with Gasteiger partial charge in [0.15, 0.2) is 0 Å². The molecule has 0 bridgehead atoms. The molecule has 2 aromatic carbocycles. The number of anilines is 3. The molecule has 202 valence electrons. The maximum atomic E-state index is 13.4. The van der Waals surface area contributed by atoms with Crippen molar-refractivity contribution in [2.45, 2.75) is 13.0 Å². The number of rotatable bonds is 5. The number of benzene rings is 2. The van der Waals surface area contributed by atoms with E-state index in [0.29, 0.717) is 23.1 Å². The van der Waals surface area contributed by atoms with Crippen LogP contribution in [0.3, 0.4) is 0 Å².